The fraction of sp³-hybridized carbons (Fsp3) is 0.300. The van der Waals surface area contributed by atoms with Gasteiger partial charge in [-0.1, -0.05) is 36.4 Å². The van der Waals surface area contributed by atoms with Crippen LogP contribution >= 0.6 is 0 Å². The van der Waals surface area contributed by atoms with Crippen LogP contribution in [0.3, 0.4) is 0 Å². The van der Waals surface area contributed by atoms with Crippen molar-refractivity contribution in [1.82, 2.24) is 0 Å². The summed E-state index contributed by atoms with van der Waals surface area (Å²) in [5, 5.41) is 5.93. The van der Waals surface area contributed by atoms with Gasteiger partial charge in [-0.05, 0) is 24.3 Å². The molecule has 0 spiro atoms. The van der Waals surface area contributed by atoms with E-state index in [1.54, 1.807) is 0 Å². The predicted molar refractivity (Wildman–Crippen MR) is 103 cm³/mol. The largest absolute Gasteiger partial charge is 0.462 e. The third-order valence-corrected chi connectivity index (χ3v) is 3.40. The third-order valence-electron chi connectivity index (χ3n) is 3.40. The van der Waals surface area contributed by atoms with Crippen molar-refractivity contribution >= 4 is 23.3 Å². The Morgan fingerprint density at radius 1 is 0.630 bits per heavy atom. The molecule has 0 saturated carbocycles. The monoisotopic (exact) mass is 372 g/mol. The Kier molecular flexibility index (Phi) is 9.24. The number of hydrogen-bond acceptors (Lipinski definition) is 7. The SMILES string of the molecule is O=C(CNc1ccccc1)OCCOCCOC(=O)CNc1ccccc1. The number of nitrogens with one attached hydrogen (secondary N) is 2. The lowest BCUT2D eigenvalue weighted by molar-refractivity contribution is -0.144. The Hall–Kier alpha value is -3.06. The number of anilines is 2. The van der Waals surface area contributed by atoms with Crippen molar-refractivity contribution in [3.05, 3.63) is 60.7 Å². The number of hydrogen-bond donors (Lipinski definition) is 2. The lowest BCUT2D eigenvalue weighted by Crippen LogP contribution is -2.21. The fourth-order valence-electron chi connectivity index (χ4n) is 2.09. The van der Waals surface area contributed by atoms with Crippen molar-refractivity contribution in [1.29, 1.82) is 0 Å². The summed E-state index contributed by atoms with van der Waals surface area (Å²) in [6.07, 6.45) is 0. The molecule has 0 aliphatic rings. The molecule has 0 aliphatic carbocycles. The molecule has 0 radical (unpaired) electrons. The maximum atomic E-state index is 11.6. The first kappa shape index (κ1) is 20.3. The molecule has 2 N–H and O–H groups in total. The van der Waals surface area contributed by atoms with Gasteiger partial charge in [0.15, 0.2) is 0 Å². The van der Waals surface area contributed by atoms with E-state index in [2.05, 4.69) is 10.6 Å². The average molecular weight is 372 g/mol. The first-order valence-corrected chi connectivity index (χ1v) is 8.71. The van der Waals surface area contributed by atoms with Crippen molar-refractivity contribution < 1.29 is 23.8 Å². The molecule has 0 heterocycles. The van der Waals surface area contributed by atoms with E-state index in [4.69, 9.17) is 14.2 Å². The number of rotatable bonds is 12. The average Bonchev–Trinajstić information content (AvgIpc) is 2.71. The van der Waals surface area contributed by atoms with Crippen LogP contribution < -0.4 is 10.6 Å². The maximum absolute atomic E-state index is 11.6. The molecule has 0 saturated heterocycles. The van der Waals surface area contributed by atoms with Crippen LogP contribution in [0, 0.1) is 0 Å². The summed E-state index contributed by atoms with van der Waals surface area (Å²) in [6, 6.07) is 18.8. The van der Waals surface area contributed by atoms with Gasteiger partial charge in [-0.25, -0.2) is 0 Å². The van der Waals surface area contributed by atoms with Crippen molar-refractivity contribution in [2.24, 2.45) is 0 Å². The summed E-state index contributed by atoms with van der Waals surface area (Å²) >= 11 is 0. The van der Waals surface area contributed by atoms with E-state index in [1.807, 2.05) is 60.7 Å². The van der Waals surface area contributed by atoms with Crippen LogP contribution in [0.2, 0.25) is 0 Å². The van der Waals surface area contributed by atoms with Crippen LogP contribution in [0.5, 0.6) is 0 Å². The van der Waals surface area contributed by atoms with E-state index in [9.17, 15) is 9.59 Å². The second-order valence-electron chi connectivity index (χ2n) is 5.49. The van der Waals surface area contributed by atoms with Crippen LogP contribution in [-0.4, -0.2) is 51.5 Å². The Balaban J connectivity index is 1.41. The zero-order valence-corrected chi connectivity index (χ0v) is 15.1. The summed E-state index contributed by atoms with van der Waals surface area (Å²) < 4.78 is 15.3. The molecule has 7 nitrogen and oxygen atoms in total. The van der Waals surface area contributed by atoms with Gasteiger partial charge >= 0.3 is 11.9 Å². The van der Waals surface area contributed by atoms with Crippen LogP contribution in [0.25, 0.3) is 0 Å². The molecule has 0 fully saturated rings. The highest BCUT2D eigenvalue weighted by atomic mass is 16.6. The number of carbonyl (C=O) groups excluding carboxylic acids is 2. The van der Waals surface area contributed by atoms with Crippen LogP contribution in [-0.2, 0) is 23.8 Å². The first-order valence-electron chi connectivity index (χ1n) is 8.71. The molecule has 2 aromatic carbocycles. The van der Waals surface area contributed by atoms with E-state index >= 15 is 0 Å². The van der Waals surface area contributed by atoms with Crippen LogP contribution in [0.15, 0.2) is 60.7 Å². The van der Waals surface area contributed by atoms with E-state index in [0.29, 0.717) is 0 Å². The minimum absolute atomic E-state index is 0.0933. The zero-order chi connectivity index (χ0) is 19.2. The normalized spacial score (nSPS) is 10.1. The number of para-hydroxylation sites is 2. The standard InChI is InChI=1S/C20H24N2O5/c23-19(15-21-17-7-3-1-4-8-17)26-13-11-25-12-14-27-20(24)16-22-18-9-5-2-6-10-18/h1-10,21-22H,11-16H2. The summed E-state index contributed by atoms with van der Waals surface area (Å²) in [7, 11) is 0. The van der Waals surface area contributed by atoms with Gasteiger partial charge in [0.2, 0.25) is 0 Å². The highest BCUT2D eigenvalue weighted by molar-refractivity contribution is 5.75. The van der Waals surface area contributed by atoms with E-state index in [0.717, 1.165) is 11.4 Å². The molecule has 144 valence electrons. The van der Waals surface area contributed by atoms with Gasteiger partial charge in [0.1, 0.15) is 26.3 Å². The maximum Gasteiger partial charge on any atom is 0.325 e. The molecular formula is C20H24N2O5. The number of esters is 2. The Morgan fingerprint density at radius 3 is 1.44 bits per heavy atom. The van der Waals surface area contributed by atoms with Crippen LogP contribution in [0.4, 0.5) is 11.4 Å². The smallest absolute Gasteiger partial charge is 0.325 e. The molecule has 2 rings (SSSR count). The van der Waals surface area contributed by atoms with Crippen molar-refractivity contribution in [3.63, 3.8) is 0 Å². The second kappa shape index (κ2) is 12.3. The molecule has 0 amide bonds. The second-order valence-corrected chi connectivity index (χ2v) is 5.49. The topological polar surface area (TPSA) is 85.9 Å². The molecular weight excluding hydrogens is 348 g/mol. The van der Waals surface area contributed by atoms with Crippen molar-refractivity contribution in [2.45, 2.75) is 0 Å². The Bertz CT molecular complexity index is 620. The van der Waals surface area contributed by atoms with Gasteiger partial charge in [-0.15, -0.1) is 0 Å². The van der Waals surface area contributed by atoms with E-state index < -0.39 is 0 Å². The molecule has 0 bridgehead atoms. The minimum atomic E-state index is -0.360. The van der Waals surface area contributed by atoms with E-state index in [1.165, 1.54) is 0 Å². The molecule has 0 aliphatic heterocycles. The molecule has 27 heavy (non-hydrogen) atoms. The summed E-state index contributed by atoms with van der Waals surface area (Å²) in [5.74, 6) is -0.721. The molecule has 0 atom stereocenters. The van der Waals surface area contributed by atoms with Gasteiger partial charge in [0.25, 0.3) is 0 Å². The summed E-state index contributed by atoms with van der Waals surface area (Å²) in [6.45, 7) is 0.984. The lowest BCUT2D eigenvalue weighted by Gasteiger charge is -2.09. The number of benzene rings is 2. The molecule has 7 heteroatoms. The van der Waals surface area contributed by atoms with Gasteiger partial charge < -0.3 is 24.8 Å². The first-order chi connectivity index (χ1) is 13.2. The Labute approximate surface area is 158 Å². The molecule has 0 aromatic heterocycles. The summed E-state index contributed by atoms with van der Waals surface area (Å²) in [4.78, 5) is 23.1. The predicted octanol–water partition coefficient (Wildman–Crippen LogP) is 2.31. The minimum Gasteiger partial charge on any atom is -0.462 e. The van der Waals surface area contributed by atoms with Gasteiger partial charge in [0.05, 0.1) is 13.2 Å². The highest BCUT2D eigenvalue weighted by Crippen LogP contribution is 2.04. The van der Waals surface area contributed by atoms with Gasteiger partial charge in [0, 0.05) is 11.4 Å². The summed E-state index contributed by atoms with van der Waals surface area (Å²) in [5.41, 5.74) is 1.71. The van der Waals surface area contributed by atoms with E-state index in [-0.39, 0.29) is 51.5 Å². The number of ether oxygens (including phenoxy) is 3. The fourth-order valence-corrected chi connectivity index (χ4v) is 2.09. The van der Waals surface area contributed by atoms with Gasteiger partial charge in [-0.3, -0.25) is 9.59 Å². The highest BCUT2D eigenvalue weighted by Gasteiger charge is 2.04. The molecule has 2 aromatic rings. The van der Waals surface area contributed by atoms with Gasteiger partial charge in [-0.2, -0.15) is 0 Å². The Morgan fingerprint density at radius 2 is 1.04 bits per heavy atom. The quantitative estimate of drug-likeness (QED) is 0.437. The molecule has 0 unspecified atom stereocenters. The van der Waals surface area contributed by atoms with Crippen molar-refractivity contribution in [3.8, 4) is 0 Å². The third kappa shape index (κ3) is 9.27. The number of carbonyl (C=O) groups is 2. The van der Waals surface area contributed by atoms with Crippen LogP contribution in [0.1, 0.15) is 0 Å². The zero-order valence-electron chi connectivity index (χ0n) is 15.1. The lowest BCUT2D eigenvalue weighted by atomic mass is 10.3. The van der Waals surface area contributed by atoms with Crippen molar-refractivity contribution in [2.75, 3.05) is 50.2 Å².